The lowest BCUT2D eigenvalue weighted by Gasteiger charge is -2.33. The van der Waals surface area contributed by atoms with Gasteiger partial charge in [-0.2, -0.15) is 0 Å². The van der Waals surface area contributed by atoms with Crippen molar-refractivity contribution in [3.05, 3.63) is 71.5 Å². The Balaban J connectivity index is 1.66. The molecule has 0 aliphatic carbocycles. The quantitative estimate of drug-likeness (QED) is 0.807. The third-order valence-electron chi connectivity index (χ3n) is 4.10. The van der Waals surface area contributed by atoms with Crippen LogP contribution in [0.2, 0.25) is 0 Å². The lowest BCUT2D eigenvalue weighted by Crippen LogP contribution is -2.33. The summed E-state index contributed by atoms with van der Waals surface area (Å²) >= 11 is 0. The van der Waals surface area contributed by atoms with Gasteiger partial charge in [-0.05, 0) is 48.6 Å². The molecule has 20 heavy (non-hydrogen) atoms. The molecule has 2 heteroatoms. The Bertz CT molecular complexity index is 535. The van der Waals surface area contributed by atoms with Crippen molar-refractivity contribution in [3.8, 4) is 0 Å². The molecule has 2 aromatic carbocycles. The number of benzene rings is 2. The Hall–Kier alpha value is -1.67. The highest BCUT2D eigenvalue weighted by Gasteiger charge is 2.21. The van der Waals surface area contributed by atoms with Gasteiger partial charge in [0.2, 0.25) is 0 Å². The van der Waals surface area contributed by atoms with Crippen LogP contribution in [0.3, 0.4) is 0 Å². The lowest BCUT2D eigenvalue weighted by atomic mass is 9.90. The third-order valence-corrected chi connectivity index (χ3v) is 4.10. The summed E-state index contributed by atoms with van der Waals surface area (Å²) in [6.45, 7) is 3.24. The fraction of sp³-hybridized carbons (Fsp3) is 0.333. The summed E-state index contributed by atoms with van der Waals surface area (Å²) < 4.78 is 13.0. The zero-order valence-electron chi connectivity index (χ0n) is 11.6. The minimum atomic E-state index is -0.147. The molecule has 1 saturated heterocycles. The Morgan fingerprint density at radius 3 is 2.50 bits per heavy atom. The highest BCUT2D eigenvalue weighted by molar-refractivity contribution is 5.22. The number of nitrogens with zero attached hydrogens (tertiary/aromatic N) is 1. The number of halogens is 1. The highest BCUT2D eigenvalue weighted by Crippen LogP contribution is 2.27. The van der Waals surface area contributed by atoms with Crippen LogP contribution >= 0.6 is 0 Å². The summed E-state index contributed by atoms with van der Waals surface area (Å²) in [6.07, 6.45) is 2.42. The monoisotopic (exact) mass is 269 g/mol. The molecule has 0 amide bonds. The van der Waals surface area contributed by atoms with Crippen LogP contribution in [0.15, 0.2) is 54.6 Å². The molecule has 104 valence electrons. The Labute approximate surface area is 120 Å². The zero-order chi connectivity index (χ0) is 13.8. The zero-order valence-corrected chi connectivity index (χ0v) is 11.6. The van der Waals surface area contributed by atoms with E-state index in [1.807, 2.05) is 12.1 Å². The number of likely N-dealkylation sites (tertiary alicyclic amines) is 1. The number of piperidine rings is 1. The van der Waals surface area contributed by atoms with Crippen LogP contribution in [-0.4, -0.2) is 18.0 Å². The molecular formula is C18H20FN. The van der Waals surface area contributed by atoms with Crippen LogP contribution in [0, 0.1) is 5.82 Å². The van der Waals surface area contributed by atoms with Gasteiger partial charge in [-0.1, -0.05) is 42.5 Å². The van der Waals surface area contributed by atoms with E-state index in [9.17, 15) is 4.39 Å². The second kappa shape index (κ2) is 6.19. The van der Waals surface area contributed by atoms with Crippen molar-refractivity contribution in [2.24, 2.45) is 0 Å². The van der Waals surface area contributed by atoms with Crippen LogP contribution in [0.4, 0.5) is 4.39 Å². The molecule has 3 rings (SSSR count). The molecular weight excluding hydrogens is 249 g/mol. The van der Waals surface area contributed by atoms with Gasteiger partial charge in [0.25, 0.3) is 0 Å². The van der Waals surface area contributed by atoms with Crippen molar-refractivity contribution < 1.29 is 4.39 Å². The molecule has 2 aromatic rings. The molecule has 0 bridgehead atoms. The van der Waals surface area contributed by atoms with Gasteiger partial charge in [0, 0.05) is 13.1 Å². The maximum absolute atomic E-state index is 13.0. The third kappa shape index (κ3) is 3.26. The molecule has 0 spiro atoms. The average Bonchev–Trinajstić information content (AvgIpc) is 2.49. The first kappa shape index (κ1) is 13.3. The van der Waals surface area contributed by atoms with Crippen LogP contribution in [0.5, 0.6) is 0 Å². The maximum Gasteiger partial charge on any atom is 0.123 e. The normalized spacial score (nSPS) is 19.9. The second-order valence-electron chi connectivity index (χ2n) is 5.61. The van der Waals surface area contributed by atoms with Gasteiger partial charge >= 0.3 is 0 Å². The summed E-state index contributed by atoms with van der Waals surface area (Å²) in [5.74, 6) is 0.388. The Morgan fingerprint density at radius 1 is 1.00 bits per heavy atom. The minimum Gasteiger partial charge on any atom is -0.298 e. The van der Waals surface area contributed by atoms with Crippen molar-refractivity contribution in [2.45, 2.75) is 25.3 Å². The van der Waals surface area contributed by atoms with Crippen LogP contribution in [0.25, 0.3) is 0 Å². The molecule has 1 aliphatic heterocycles. The lowest BCUT2D eigenvalue weighted by molar-refractivity contribution is 0.200. The molecule has 1 unspecified atom stereocenters. The first-order valence-corrected chi connectivity index (χ1v) is 7.33. The van der Waals surface area contributed by atoms with Gasteiger partial charge in [0.05, 0.1) is 0 Å². The van der Waals surface area contributed by atoms with E-state index >= 15 is 0 Å². The molecule has 0 aromatic heterocycles. The molecule has 1 nitrogen and oxygen atoms in total. The van der Waals surface area contributed by atoms with E-state index in [1.165, 1.54) is 24.0 Å². The van der Waals surface area contributed by atoms with Crippen molar-refractivity contribution >= 4 is 0 Å². The summed E-state index contributed by atoms with van der Waals surface area (Å²) in [5, 5.41) is 0. The van der Waals surface area contributed by atoms with E-state index < -0.39 is 0 Å². The summed E-state index contributed by atoms with van der Waals surface area (Å²) in [7, 11) is 0. The average molecular weight is 269 g/mol. The van der Waals surface area contributed by atoms with Gasteiger partial charge in [-0.25, -0.2) is 4.39 Å². The largest absolute Gasteiger partial charge is 0.298 e. The number of rotatable bonds is 3. The summed E-state index contributed by atoms with van der Waals surface area (Å²) in [5.41, 5.74) is 2.64. The fourth-order valence-corrected chi connectivity index (χ4v) is 3.05. The topological polar surface area (TPSA) is 3.24 Å². The summed E-state index contributed by atoms with van der Waals surface area (Å²) in [4.78, 5) is 2.51. The Kier molecular flexibility index (Phi) is 4.12. The Morgan fingerprint density at radius 2 is 1.75 bits per heavy atom. The van der Waals surface area contributed by atoms with Crippen molar-refractivity contribution in [3.63, 3.8) is 0 Å². The van der Waals surface area contributed by atoms with Crippen molar-refractivity contribution in [2.75, 3.05) is 13.1 Å². The van der Waals surface area contributed by atoms with Crippen LogP contribution < -0.4 is 0 Å². The van der Waals surface area contributed by atoms with E-state index in [1.54, 1.807) is 12.1 Å². The molecule has 0 saturated carbocycles. The van der Waals surface area contributed by atoms with Crippen molar-refractivity contribution in [1.29, 1.82) is 0 Å². The van der Waals surface area contributed by atoms with Crippen molar-refractivity contribution in [1.82, 2.24) is 4.90 Å². The maximum atomic E-state index is 13.0. The van der Waals surface area contributed by atoms with Gasteiger partial charge in [-0.3, -0.25) is 4.90 Å². The van der Waals surface area contributed by atoms with Crippen LogP contribution in [-0.2, 0) is 6.54 Å². The molecule has 1 fully saturated rings. The molecule has 0 radical (unpaired) electrons. The van der Waals surface area contributed by atoms with Gasteiger partial charge in [-0.15, -0.1) is 0 Å². The first-order chi connectivity index (χ1) is 9.81. The number of hydrogen-bond donors (Lipinski definition) is 0. The standard InChI is InChI=1S/C18H20FN/c19-18-10-8-16(9-11-18)17-7-4-12-20(14-17)13-15-5-2-1-3-6-15/h1-3,5-6,8-11,17H,4,7,12-14H2. The van der Waals surface area contributed by atoms with Gasteiger partial charge in [0.1, 0.15) is 5.82 Å². The number of hydrogen-bond acceptors (Lipinski definition) is 1. The van der Waals surface area contributed by atoms with Gasteiger partial charge < -0.3 is 0 Å². The summed E-state index contributed by atoms with van der Waals surface area (Å²) in [6, 6.07) is 17.6. The first-order valence-electron chi connectivity index (χ1n) is 7.33. The molecule has 1 heterocycles. The van der Waals surface area contributed by atoms with E-state index in [-0.39, 0.29) is 5.82 Å². The molecule has 1 atom stereocenters. The van der Waals surface area contributed by atoms with Gasteiger partial charge in [0.15, 0.2) is 0 Å². The SMILES string of the molecule is Fc1ccc(C2CCCN(Cc3ccccc3)C2)cc1. The fourth-order valence-electron chi connectivity index (χ4n) is 3.05. The smallest absolute Gasteiger partial charge is 0.123 e. The van der Waals surface area contributed by atoms with E-state index in [2.05, 4.69) is 35.2 Å². The van der Waals surface area contributed by atoms with Crippen LogP contribution in [0.1, 0.15) is 29.9 Å². The minimum absolute atomic E-state index is 0.147. The molecule has 0 N–H and O–H groups in total. The van der Waals surface area contributed by atoms with E-state index in [4.69, 9.17) is 0 Å². The van der Waals surface area contributed by atoms with E-state index in [0.29, 0.717) is 5.92 Å². The predicted octanol–water partition coefficient (Wildman–Crippen LogP) is 4.21. The second-order valence-corrected chi connectivity index (χ2v) is 5.61. The highest BCUT2D eigenvalue weighted by atomic mass is 19.1. The molecule has 1 aliphatic rings. The predicted molar refractivity (Wildman–Crippen MR) is 80.1 cm³/mol. The van der Waals surface area contributed by atoms with E-state index in [0.717, 1.165) is 19.6 Å².